The van der Waals surface area contributed by atoms with Crippen molar-refractivity contribution in [3.8, 4) is 0 Å². The van der Waals surface area contributed by atoms with Gasteiger partial charge in [0, 0.05) is 13.6 Å². The number of carbonyl (C=O) groups is 3. The molecule has 106 valence electrons. The molecule has 3 amide bonds. The first-order valence-electron chi connectivity index (χ1n) is 6.15. The molecule has 0 saturated heterocycles. The molecule has 1 rings (SSSR count). The van der Waals surface area contributed by atoms with Gasteiger partial charge in [0.15, 0.2) is 0 Å². The van der Waals surface area contributed by atoms with Gasteiger partial charge in [-0.05, 0) is 13.3 Å². The van der Waals surface area contributed by atoms with E-state index in [0.717, 1.165) is 0 Å². The van der Waals surface area contributed by atoms with Gasteiger partial charge in [-0.15, -0.1) is 0 Å². The van der Waals surface area contributed by atoms with Crippen LogP contribution < -0.4 is 10.6 Å². The molecule has 0 bridgehead atoms. The van der Waals surface area contributed by atoms with Crippen LogP contribution in [-0.2, 0) is 9.59 Å². The smallest absolute Gasteiger partial charge is 0.318 e. The number of hydrogen-bond donors (Lipinski definition) is 3. The van der Waals surface area contributed by atoms with Crippen LogP contribution in [0, 0.1) is 5.92 Å². The largest absolute Gasteiger partial charge is 0.481 e. The summed E-state index contributed by atoms with van der Waals surface area (Å²) in [6.45, 7) is 2.16. The van der Waals surface area contributed by atoms with Crippen LogP contribution in [0.4, 0.5) is 4.79 Å². The second kappa shape index (κ2) is 6.77. The molecule has 7 nitrogen and oxygen atoms in total. The lowest BCUT2D eigenvalue weighted by Gasteiger charge is -2.22. The van der Waals surface area contributed by atoms with Crippen LogP contribution >= 0.6 is 0 Å². The van der Waals surface area contributed by atoms with Crippen molar-refractivity contribution >= 4 is 17.9 Å². The lowest BCUT2D eigenvalue weighted by molar-refractivity contribution is -0.140. The Labute approximate surface area is 111 Å². The average Bonchev–Trinajstić information content (AvgIpc) is 2.84. The molecule has 2 unspecified atom stereocenters. The van der Waals surface area contributed by atoms with Gasteiger partial charge in [-0.3, -0.25) is 9.59 Å². The van der Waals surface area contributed by atoms with E-state index in [9.17, 15) is 14.4 Å². The van der Waals surface area contributed by atoms with Gasteiger partial charge < -0.3 is 20.6 Å². The number of carbonyl (C=O) groups excluding carboxylic acids is 2. The second-order valence-corrected chi connectivity index (χ2v) is 4.31. The fraction of sp³-hybridized carbons (Fsp3) is 0.583. The molecule has 2 atom stereocenters. The maximum atomic E-state index is 11.9. The number of rotatable bonds is 5. The highest BCUT2D eigenvalue weighted by atomic mass is 16.4. The van der Waals surface area contributed by atoms with Crippen molar-refractivity contribution in [1.29, 1.82) is 0 Å². The minimum atomic E-state index is -0.897. The van der Waals surface area contributed by atoms with Crippen LogP contribution in [0.3, 0.4) is 0 Å². The molecule has 0 fully saturated rings. The normalized spacial score (nSPS) is 20.9. The number of amides is 3. The second-order valence-electron chi connectivity index (χ2n) is 4.31. The minimum absolute atomic E-state index is 0.0162. The number of carboxylic acids is 1. The Morgan fingerprint density at radius 2 is 2.05 bits per heavy atom. The van der Waals surface area contributed by atoms with E-state index >= 15 is 0 Å². The predicted octanol–water partition coefficient (Wildman–Crippen LogP) is -0.207. The molecular weight excluding hydrogens is 250 g/mol. The Kier molecular flexibility index (Phi) is 5.35. The summed E-state index contributed by atoms with van der Waals surface area (Å²) < 4.78 is 0. The Morgan fingerprint density at radius 1 is 1.37 bits per heavy atom. The molecule has 19 heavy (non-hydrogen) atoms. The van der Waals surface area contributed by atoms with Gasteiger partial charge in [-0.1, -0.05) is 12.2 Å². The molecule has 0 radical (unpaired) electrons. The highest BCUT2D eigenvalue weighted by molar-refractivity contribution is 5.84. The summed E-state index contributed by atoms with van der Waals surface area (Å²) in [4.78, 5) is 35.3. The van der Waals surface area contributed by atoms with Gasteiger partial charge in [-0.2, -0.15) is 0 Å². The van der Waals surface area contributed by atoms with Crippen molar-refractivity contribution in [3.05, 3.63) is 12.2 Å². The van der Waals surface area contributed by atoms with E-state index in [1.54, 1.807) is 19.1 Å². The number of nitrogens with zero attached hydrogens (tertiary/aromatic N) is 1. The first-order valence-corrected chi connectivity index (χ1v) is 6.15. The molecule has 1 aliphatic rings. The van der Waals surface area contributed by atoms with Crippen LogP contribution in [0.1, 0.15) is 13.3 Å². The van der Waals surface area contributed by atoms with Gasteiger partial charge in [0.25, 0.3) is 0 Å². The molecule has 0 spiro atoms. The molecule has 3 N–H and O–H groups in total. The molecule has 7 heteroatoms. The van der Waals surface area contributed by atoms with Gasteiger partial charge in [0.05, 0.1) is 12.0 Å². The SMILES string of the molecule is CCN(CC(=O)NC)C(=O)NC1C=CC(C(=O)O)C1. The Morgan fingerprint density at radius 3 is 2.53 bits per heavy atom. The summed E-state index contributed by atoms with van der Waals surface area (Å²) in [6, 6.07) is -0.667. The molecular formula is C12H19N3O4. The Bertz CT molecular complexity index is 394. The summed E-state index contributed by atoms with van der Waals surface area (Å²) >= 11 is 0. The lowest BCUT2D eigenvalue weighted by atomic mass is 10.1. The van der Waals surface area contributed by atoms with E-state index < -0.39 is 11.9 Å². The third-order valence-corrected chi connectivity index (χ3v) is 2.99. The zero-order valence-electron chi connectivity index (χ0n) is 11.0. The standard InChI is InChI=1S/C12H19N3O4/c1-3-15(7-10(16)13-2)12(19)14-9-5-4-8(6-9)11(17)18/h4-5,8-9H,3,6-7H2,1-2H3,(H,13,16)(H,14,19)(H,17,18). The molecule has 0 heterocycles. The quantitative estimate of drug-likeness (QED) is 0.601. The monoisotopic (exact) mass is 269 g/mol. The number of hydrogen-bond acceptors (Lipinski definition) is 3. The predicted molar refractivity (Wildman–Crippen MR) is 68.5 cm³/mol. The summed E-state index contributed by atoms with van der Waals surface area (Å²) in [6.07, 6.45) is 3.59. The molecule has 0 aliphatic heterocycles. The van der Waals surface area contributed by atoms with Gasteiger partial charge in [0.1, 0.15) is 6.54 Å². The number of likely N-dealkylation sites (N-methyl/N-ethyl adjacent to an activating group) is 2. The van der Waals surface area contributed by atoms with E-state index in [1.165, 1.54) is 11.9 Å². The zero-order valence-corrected chi connectivity index (χ0v) is 11.0. The number of carboxylic acid groups (broad SMARTS) is 1. The number of urea groups is 1. The Balaban J connectivity index is 2.48. The fourth-order valence-electron chi connectivity index (χ4n) is 1.82. The molecule has 0 aromatic heterocycles. The van der Waals surface area contributed by atoms with Crippen molar-refractivity contribution in [3.63, 3.8) is 0 Å². The van der Waals surface area contributed by atoms with Gasteiger partial charge in [-0.25, -0.2) is 4.79 Å². The summed E-state index contributed by atoms with van der Waals surface area (Å²) in [5.41, 5.74) is 0. The first kappa shape index (κ1) is 15.0. The van der Waals surface area contributed by atoms with Crippen LogP contribution in [0.5, 0.6) is 0 Å². The third-order valence-electron chi connectivity index (χ3n) is 2.99. The molecule has 1 aliphatic carbocycles. The maximum Gasteiger partial charge on any atom is 0.318 e. The topological polar surface area (TPSA) is 98.7 Å². The van der Waals surface area contributed by atoms with E-state index in [1.807, 2.05) is 0 Å². The van der Waals surface area contributed by atoms with Crippen molar-refractivity contribution < 1.29 is 19.5 Å². The molecule has 0 saturated carbocycles. The van der Waals surface area contributed by atoms with Gasteiger partial charge >= 0.3 is 12.0 Å². The fourth-order valence-corrected chi connectivity index (χ4v) is 1.82. The summed E-state index contributed by atoms with van der Waals surface area (Å²) in [5.74, 6) is -1.70. The zero-order chi connectivity index (χ0) is 14.4. The van der Waals surface area contributed by atoms with E-state index in [2.05, 4.69) is 10.6 Å². The Hall–Kier alpha value is -2.05. The van der Waals surface area contributed by atoms with Crippen molar-refractivity contribution in [2.45, 2.75) is 19.4 Å². The van der Waals surface area contributed by atoms with Crippen molar-refractivity contribution in [2.24, 2.45) is 5.92 Å². The van der Waals surface area contributed by atoms with Crippen molar-refractivity contribution in [1.82, 2.24) is 15.5 Å². The third kappa shape index (κ3) is 4.27. The van der Waals surface area contributed by atoms with E-state index in [4.69, 9.17) is 5.11 Å². The molecule has 0 aromatic carbocycles. The van der Waals surface area contributed by atoms with E-state index in [-0.39, 0.29) is 24.5 Å². The van der Waals surface area contributed by atoms with Crippen LogP contribution in [0.15, 0.2) is 12.2 Å². The minimum Gasteiger partial charge on any atom is -0.481 e. The van der Waals surface area contributed by atoms with Crippen LogP contribution in [0.2, 0.25) is 0 Å². The maximum absolute atomic E-state index is 11.9. The highest BCUT2D eigenvalue weighted by Crippen LogP contribution is 2.18. The van der Waals surface area contributed by atoms with Crippen LogP contribution in [-0.4, -0.2) is 54.1 Å². The van der Waals surface area contributed by atoms with Gasteiger partial charge in [0.2, 0.25) is 5.91 Å². The number of aliphatic carboxylic acids is 1. The summed E-state index contributed by atoms with van der Waals surface area (Å²) in [7, 11) is 1.51. The summed E-state index contributed by atoms with van der Waals surface area (Å²) in [5, 5.41) is 14.0. The first-order chi connectivity index (χ1) is 8.97. The number of nitrogens with one attached hydrogen (secondary N) is 2. The highest BCUT2D eigenvalue weighted by Gasteiger charge is 2.26. The van der Waals surface area contributed by atoms with Crippen molar-refractivity contribution in [2.75, 3.05) is 20.1 Å². The molecule has 0 aromatic rings. The lowest BCUT2D eigenvalue weighted by Crippen LogP contribution is -2.47. The van der Waals surface area contributed by atoms with E-state index in [0.29, 0.717) is 13.0 Å². The van der Waals surface area contributed by atoms with Crippen LogP contribution in [0.25, 0.3) is 0 Å². The average molecular weight is 269 g/mol.